The number of phenols is 1. The number of halogens is 1. The Labute approximate surface area is 182 Å². The van der Waals surface area contributed by atoms with Gasteiger partial charge in [-0.15, -0.1) is 24.0 Å². The Bertz CT molecular complexity index is 766. The lowest BCUT2D eigenvalue weighted by Gasteiger charge is -2.36. The largest absolute Gasteiger partial charge is 0.504 e. The van der Waals surface area contributed by atoms with E-state index in [0.717, 1.165) is 50.2 Å². The first-order valence-corrected chi connectivity index (χ1v) is 9.13. The van der Waals surface area contributed by atoms with E-state index in [-0.39, 0.29) is 29.7 Å². The summed E-state index contributed by atoms with van der Waals surface area (Å²) in [4.78, 5) is 17.7. The molecule has 0 amide bonds. The van der Waals surface area contributed by atoms with Crippen molar-refractivity contribution in [3.63, 3.8) is 0 Å². The van der Waals surface area contributed by atoms with Crippen molar-refractivity contribution in [3.8, 4) is 11.5 Å². The van der Waals surface area contributed by atoms with Crippen molar-refractivity contribution < 1.29 is 9.84 Å². The molecule has 0 unspecified atom stereocenters. The van der Waals surface area contributed by atoms with Crippen LogP contribution in [0.5, 0.6) is 11.5 Å². The number of benzene rings is 1. The topological polar surface area (TPSA) is 86.1 Å². The van der Waals surface area contributed by atoms with Gasteiger partial charge in [-0.3, -0.25) is 0 Å². The molecule has 3 rings (SSSR count). The predicted octanol–water partition coefficient (Wildman–Crippen LogP) is 2.10. The second kappa shape index (κ2) is 10.9. The van der Waals surface area contributed by atoms with Crippen LogP contribution in [0.25, 0.3) is 0 Å². The summed E-state index contributed by atoms with van der Waals surface area (Å²) in [5.41, 5.74) is 0.737. The van der Waals surface area contributed by atoms with Crippen LogP contribution in [0.15, 0.2) is 41.7 Å². The van der Waals surface area contributed by atoms with Crippen LogP contribution in [0.3, 0.4) is 0 Å². The van der Waals surface area contributed by atoms with E-state index in [2.05, 4.69) is 25.1 Å². The molecule has 0 saturated carbocycles. The summed E-state index contributed by atoms with van der Waals surface area (Å²) >= 11 is 0. The van der Waals surface area contributed by atoms with Gasteiger partial charge in [-0.25, -0.2) is 15.0 Å². The smallest absolute Gasteiger partial charge is 0.225 e. The van der Waals surface area contributed by atoms with Crippen LogP contribution < -0.4 is 15.0 Å². The lowest BCUT2D eigenvalue weighted by Crippen LogP contribution is -2.52. The van der Waals surface area contributed by atoms with Gasteiger partial charge < -0.3 is 25.0 Å². The van der Waals surface area contributed by atoms with Gasteiger partial charge in [0.25, 0.3) is 0 Å². The third kappa shape index (κ3) is 5.37. The summed E-state index contributed by atoms with van der Waals surface area (Å²) in [6.45, 7) is 6.53. The molecule has 1 aliphatic rings. The highest BCUT2D eigenvalue weighted by atomic mass is 127. The molecule has 1 saturated heterocycles. The summed E-state index contributed by atoms with van der Waals surface area (Å²) in [5.74, 6) is 2.21. The molecule has 152 valence electrons. The monoisotopic (exact) mass is 498 g/mol. The van der Waals surface area contributed by atoms with E-state index in [1.807, 2.05) is 25.1 Å². The molecule has 0 radical (unpaired) electrons. The van der Waals surface area contributed by atoms with Crippen molar-refractivity contribution in [1.29, 1.82) is 0 Å². The Morgan fingerprint density at radius 1 is 1.18 bits per heavy atom. The van der Waals surface area contributed by atoms with Crippen LogP contribution >= 0.6 is 24.0 Å². The SMILES string of the molecule is CCNC(=NCc1cccc(OC)c1O)N1CCN(c2ncccn2)CC1.I. The van der Waals surface area contributed by atoms with E-state index < -0.39 is 0 Å². The predicted molar refractivity (Wildman–Crippen MR) is 121 cm³/mol. The van der Waals surface area contributed by atoms with Crippen LogP contribution in [0.1, 0.15) is 12.5 Å². The Balaban J connectivity index is 0.00000280. The van der Waals surface area contributed by atoms with E-state index in [4.69, 9.17) is 9.73 Å². The number of nitrogens with one attached hydrogen (secondary N) is 1. The summed E-state index contributed by atoms with van der Waals surface area (Å²) in [6.07, 6.45) is 3.53. The molecule has 1 fully saturated rings. The van der Waals surface area contributed by atoms with Crippen molar-refractivity contribution in [2.45, 2.75) is 13.5 Å². The van der Waals surface area contributed by atoms with Crippen LogP contribution in [0.2, 0.25) is 0 Å². The van der Waals surface area contributed by atoms with Crippen molar-refractivity contribution >= 4 is 35.9 Å². The third-order valence-corrected chi connectivity index (χ3v) is 4.45. The molecular formula is C19H27IN6O2. The fourth-order valence-corrected chi connectivity index (χ4v) is 3.02. The Morgan fingerprint density at radius 3 is 2.54 bits per heavy atom. The average molecular weight is 498 g/mol. The lowest BCUT2D eigenvalue weighted by atomic mass is 10.2. The van der Waals surface area contributed by atoms with Crippen molar-refractivity contribution in [1.82, 2.24) is 20.2 Å². The number of hydrogen-bond acceptors (Lipinski definition) is 6. The maximum absolute atomic E-state index is 10.3. The summed E-state index contributed by atoms with van der Waals surface area (Å²) in [6, 6.07) is 7.27. The fourth-order valence-electron chi connectivity index (χ4n) is 3.02. The van der Waals surface area contributed by atoms with Gasteiger partial charge >= 0.3 is 0 Å². The lowest BCUT2D eigenvalue weighted by molar-refractivity contribution is 0.367. The van der Waals surface area contributed by atoms with E-state index in [1.54, 1.807) is 25.6 Å². The van der Waals surface area contributed by atoms with Gasteiger partial charge in [-0.2, -0.15) is 0 Å². The zero-order valence-corrected chi connectivity index (χ0v) is 18.5. The quantitative estimate of drug-likeness (QED) is 0.371. The van der Waals surface area contributed by atoms with Crippen molar-refractivity contribution in [2.24, 2.45) is 4.99 Å². The Hall–Kier alpha value is -2.30. The maximum atomic E-state index is 10.3. The Morgan fingerprint density at radius 2 is 1.89 bits per heavy atom. The average Bonchev–Trinajstić information content (AvgIpc) is 2.73. The zero-order valence-electron chi connectivity index (χ0n) is 16.2. The van der Waals surface area contributed by atoms with Gasteiger partial charge in [0.1, 0.15) is 0 Å². The minimum atomic E-state index is 0. The van der Waals surface area contributed by atoms with Gasteiger partial charge in [0.05, 0.1) is 13.7 Å². The first-order valence-electron chi connectivity index (χ1n) is 9.13. The van der Waals surface area contributed by atoms with Crippen LogP contribution in [-0.4, -0.2) is 65.8 Å². The van der Waals surface area contributed by atoms with E-state index in [1.165, 1.54) is 0 Å². The summed E-state index contributed by atoms with van der Waals surface area (Å²) in [7, 11) is 1.54. The molecule has 1 aromatic carbocycles. The number of anilines is 1. The highest BCUT2D eigenvalue weighted by Gasteiger charge is 2.21. The molecule has 2 aromatic rings. The molecule has 1 aliphatic heterocycles. The highest BCUT2D eigenvalue weighted by molar-refractivity contribution is 14.0. The molecule has 0 bridgehead atoms. The molecular weight excluding hydrogens is 471 g/mol. The molecule has 2 heterocycles. The number of guanidine groups is 1. The van der Waals surface area contributed by atoms with Crippen LogP contribution in [-0.2, 0) is 6.54 Å². The number of rotatable bonds is 5. The molecule has 2 N–H and O–H groups in total. The van der Waals surface area contributed by atoms with Crippen LogP contribution in [0, 0.1) is 0 Å². The molecule has 9 heteroatoms. The number of methoxy groups -OCH3 is 1. The highest BCUT2D eigenvalue weighted by Crippen LogP contribution is 2.29. The minimum absolute atomic E-state index is 0. The van der Waals surface area contributed by atoms with E-state index >= 15 is 0 Å². The number of nitrogens with zero attached hydrogens (tertiary/aromatic N) is 5. The Kier molecular flexibility index (Phi) is 8.55. The van der Waals surface area contributed by atoms with E-state index in [9.17, 15) is 5.11 Å². The number of para-hydroxylation sites is 1. The molecule has 28 heavy (non-hydrogen) atoms. The summed E-state index contributed by atoms with van der Waals surface area (Å²) < 4.78 is 5.17. The van der Waals surface area contributed by atoms with Gasteiger partial charge in [0, 0.05) is 50.7 Å². The van der Waals surface area contributed by atoms with Crippen molar-refractivity contribution in [2.75, 3.05) is 44.7 Å². The minimum Gasteiger partial charge on any atom is -0.504 e. The summed E-state index contributed by atoms with van der Waals surface area (Å²) in [5, 5.41) is 13.6. The number of ether oxygens (including phenoxy) is 1. The number of aliphatic imine (C=N–C) groups is 1. The second-order valence-electron chi connectivity index (χ2n) is 6.16. The number of aromatic nitrogens is 2. The number of piperazine rings is 1. The zero-order chi connectivity index (χ0) is 19.1. The standard InChI is InChI=1S/C19H26N6O2.HI/c1-3-20-18(23-14-15-6-4-7-16(27-2)17(15)26)24-10-12-25(13-11-24)19-21-8-5-9-22-19;/h4-9,26H,3,10-14H2,1-2H3,(H,20,23);1H. The molecule has 0 aliphatic carbocycles. The second-order valence-corrected chi connectivity index (χ2v) is 6.16. The number of hydrogen-bond donors (Lipinski definition) is 2. The van der Waals surface area contributed by atoms with Crippen LogP contribution in [0.4, 0.5) is 5.95 Å². The van der Waals surface area contributed by atoms with Gasteiger partial charge in [0.15, 0.2) is 17.5 Å². The molecule has 1 aromatic heterocycles. The first kappa shape index (κ1) is 22.0. The van der Waals surface area contributed by atoms with Gasteiger partial charge in [-0.05, 0) is 19.1 Å². The molecule has 8 nitrogen and oxygen atoms in total. The van der Waals surface area contributed by atoms with Crippen molar-refractivity contribution in [3.05, 3.63) is 42.2 Å². The fraction of sp³-hybridized carbons (Fsp3) is 0.421. The number of aromatic hydroxyl groups is 1. The normalized spacial score (nSPS) is 14.4. The van der Waals surface area contributed by atoms with Gasteiger partial charge in [-0.1, -0.05) is 12.1 Å². The maximum Gasteiger partial charge on any atom is 0.225 e. The first-order chi connectivity index (χ1) is 13.2. The van der Waals surface area contributed by atoms with Gasteiger partial charge in [0.2, 0.25) is 5.95 Å². The number of phenolic OH excluding ortho intramolecular Hbond substituents is 1. The van der Waals surface area contributed by atoms with E-state index in [0.29, 0.717) is 12.3 Å². The third-order valence-electron chi connectivity index (χ3n) is 4.45. The molecule has 0 spiro atoms. The molecule has 0 atom stereocenters.